The number of esters is 1. The van der Waals surface area contributed by atoms with E-state index in [0.717, 1.165) is 10.4 Å². The number of rotatable bonds is 7. The molecular weight excluding hydrogens is 328 g/mol. The van der Waals surface area contributed by atoms with Gasteiger partial charge in [-0.15, -0.1) is 11.3 Å². The van der Waals surface area contributed by atoms with Crippen LogP contribution in [0.1, 0.15) is 27.7 Å². The zero-order valence-corrected chi connectivity index (χ0v) is 14.3. The van der Waals surface area contributed by atoms with Gasteiger partial charge in [0, 0.05) is 4.88 Å². The Labute approximate surface area is 144 Å². The molecule has 2 aromatic rings. The van der Waals surface area contributed by atoms with Gasteiger partial charge in [-0.3, -0.25) is 4.79 Å². The van der Waals surface area contributed by atoms with Gasteiger partial charge in [0.1, 0.15) is 5.75 Å². The molecule has 0 aliphatic rings. The number of amides is 1. The number of aryl methyl sites for hydroxylation is 1. The lowest BCUT2D eigenvalue weighted by molar-refractivity contribution is -0.123. The topological polar surface area (TPSA) is 77.0 Å². The van der Waals surface area contributed by atoms with Crippen molar-refractivity contribution in [2.24, 2.45) is 5.10 Å². The SMILES string of the molecule is CCOC(=O)c1ccc(OCC(=O)N/N=C/c2sccc2C)cc1. The summed E-state index contributed by atoms with van der Waals surface area (Å²) in [6, 6.07) is 8.37. The summed E-state index contributed by atoms with van der Waals surface area (Å²) >= 11 is 1.55. The number of thiophene rings is 1. The highest BCUT2D eigenvalue weighted by molar-refractivity contribution is 7.11. The van der Waals surface area contributed by atoms with Crippen LogP contribution in [0, 0.1) is 6.92 Å². The van der Waals surface area contributed by atoms with Gasteiger partial charge in [0.25, 0.3) is 5.91 Å². The average Bonchev–Trinajstić information content (AvgIpc) is 2.99. The minimum atomic E-state index is -0.389. The van der Waals surface area contributed by atoms with E-state index in [1.54, 1.807) is 48.7 Å². The van der Waals surface area contributed by atoms with Crippen molar-refractivity contribution in [3.63, 3.8) is 0 Å². The molecule has 1 aromatic heterocycles. The van der Waals surface area contributed by atoms with Gasteiger partial charge in [0.15, 0.2) is 6.61 Å². The fraction of sp³-hybridized carbons (Fsp3) is 0.235. The molecule has 24 heavy (non-hydrogen) atoms. The van der Waals surface area contributed by atoms with Crippen LogP contribution in [0.3, 0.4) is 0 Å². The lowest BCUT2D eigenvalue weighted by atomic mass is 10.2. The molecule has 7 heteroatoms. The summed E-state index contributed by atoms with van der Waals surface area (Å²) in [7, 11) is 0. The first-order chi connectivity index (χ1) is 11.6. The van der Waals surface area contributed by atoms with Gasteiger partial charge in [0.2, 0.25) is 0 Å². The molecule has 0 aliphatic carbocycles. The van der Waals surface area contributed by atoms with Gasteiger partial charge in [-0.05, 0) is 55.1 Å². The van der Waals surface area contributed by atoms with Gasteiger partial charge < -0.3 is 9.47 Å². The van der Waals surface area contributed by atoms with Crippen LogP contribution in [-0.2, 0) is 9.53 Å². The van der Waals surface area contributed by atoms with Crippen LogP contribution in [0.15, 0.2) is 40.8 Å². The van der Waals surface area contributed by atoms with E-state index >= 15 is 0 Å². The summed E-state index contributed by atoms with van der Waals surface area (Å²) in [4.78, 5) is 24.2. The third-order valence-corrected chi connectivity index (χ3v) is 3.96. The Morgan fingerprint density at radius 2 is 2.00 bits per heavy atom. The maximum atomic E-state index is 11.7. The van der Waals surface area contributed by atoms with Crippen LogP contribution in [0.2, 0.25) is 0 Å². The van der Waals surface area contributed by atoms with Crippen LogP contribution >= 0.6 is 11.3 Å². The van der Waals surface area contributed by atoms with Gasteiger partial charge >= 0.3 is 5.97 Å². The Morgan fingerprint density at radius 3 is 2.62 bits per heavy atom. The minimum absolute atomic E-state index is 0.167. The normalized spacial score (nSPS) is 10.6. The molecule has 0 radical (unpaired) electrons. The molecule has 0 aliphatic heterocycles. The number of carbonyl (C=O) groups excluding carboxylic acids is 2. The maximum absolute atomic E-state index is 11.7. The fourth-order valence-electron chi connectivity index (χ4n) is 1.76. The van der Waals surface area contributed by atoms with Crippen molar-refractivity contribution in [2.75, 3.05) is 13.2 Å². The molecule has 0 saturated carbocycles. The van der Waals surface area contributed by atoms with Gasteiger partial charge in [-0.1, -0.05) is 0 Å². The smallest absolute Gasteiger partial charge is 0.338 e. The summed E-state index contributed by atoms with van der Waals surface area (Å²) in [6.07, 6.45) is 1.60. The number of benzene rings is 1. The lowest BCUT2D eigenvalue weighted by Gasteiger charge is -2.06. The Hall–Kier alpha value is -2.67. The second kappa shape index (κ2) is 8.83. The molecule has 0 fully saturated rings. The molecule has 0 bridgehead atoms. The maximum Gasteiger partial charge on any atom is 0.338 e. The summed E-state index contributed by atoms with van der Waals surface area (Å²) in [5.74, 6) is -0.272. The molecule has 0 unspecified atom stereocenters. The first-order valence-corrected chi connectivity index (χ1v) is 8.24. The highest BCUT2D eigenvalue weighted by Crippen LogP contribution is 2.13. The standard InChI is InChI=1S/C17H18N2O4S/c1-3-22-17(21)13-4-6-14(7-5-13)23-11-16(20)19-18-10-15-12(2)8-9-24-15/h4-10H,3,11H2,1-2H3,(H,19,20)/b18-10+. The number of carbonyl (C=O) groups is 2. The highest BCUT2D eigenvalue weighted by atomic mass is 32.1. The van der Waals surface area contributed by atoms with Gasteiger partial charge in [-0.25, -0.2) is 10.2 Å². The van der Waals surface area contributed by atoms with E-state index in [1.165, 1.54) is 0 Å². The fourth-order valence-corrected chi connectivity index (χ4v) is 2.55. The molecule has 0 spiro atoms. The summed E-state index contributed by atoms with van der Waals surface area (Å²) < 4.78 is 10.2. The Bertz CT molecular complexity index is 722. The van der Waals surface area contributed by atoms with Crippen LogP contribution in [0.4, 0.5) is 0 Å². The first-order valence-electron chi connectivity index (χ1n) is 7.36. The van der Waals surface area contributed by atoms with Crippen molar-refractivity contribution < 1.29 is 19.1 Å². The van der Waals surface area contributed by atoms with Crippen LogP contribution in [0.25, 0.3) is 0 Å². The van der Waals surface area contributed by atoms with E-state index in [0.29, 0.717) is 17.9 Å². The van der Waals surface area contributed by atoms with E-state index in [2.05, 4.69) is 10.5 Å². The van der Waals surface area contributed by atoms with E-state index < -0.39 is 0 Å². The van der Waals surface area contributed by atoms with E-state index in [4.69, 9.17) is 9.47 Å². The zero-order valence-electron chi connectivity index (χ0n) is 13.4. The Morgan fingerprint density at radius 1 is 1.25 bits per heavy atom. The summed E-state index contributed by atoms with van der Waals surface area (Å²) in [5.41, 5.74) is 3.94. The highest BCUT2D eigenvalue weighted by Gasteiger charge is 2.07. The van der Waals surface area contributed by atoms with Crippen molar-refractivity contribution >= 4 is 29.4 Å². The Kier molecular flexibility index (Phi) is 6.51. The summed E-state index contributed by atoms with van der Waals surface area (Å²) in [6.45, 7) is 3.88. The number of nitrogens with zero attached hydrogens (tertiary/aromatic N) is 1. The quantitative estimate of drug-likeness (QED) is 0.475. The molecule has 1 amide bonds. The van der Waals surface area contributed by atoms with E-state index in [1.807, 2.05) is 18.4 Å². The number of nitrogens with one attached hydrogen (secondary N) is 1. The third-order valence-electron chi connectivity index (χ3n) is 3.01. The first kappa shape index (κ1) is 17.7. The average molecular weight is 346 g/mol. The molecule has 1 aromatic carbocycles. The van der Waals surface area contributed by atoms with Crippen molar-refractivity contribution in [1.29, 1.82) is 0 Å². The molecule has 1 N–H and O–H groups in total. The van der Waals surface area contributed by atoms with E-state index in [9.17, 15) is 9.59 Å². The monoisotopic (exact) mass is 346 g/mol. The number of ether oxygens (including phenoxy) is 2. The largest absolute Gasteiger partial charge is 0.484 e. The van der Waals surface area contributed by atoms with Gasteiger partial charge in [-0.2, -0.15) is 5.10 Å². The van der Waals surface area contributed by atoms with Crippen molar-refractivity contribution in [3.05, 3.63) is 51.7 Å². The van der Waals surface area contributed by atoms with Crippen LogP contribution in [-0.4, -0.2) is 31.3 Å². The second-order valence-electron chi connectivity index (χ2n) is 4.79. The molecular formula is C17H18N2O4S. The molecule has 126 valence electrons. The number of hydrazone groups is 1. The molecule has 6 nitrogen and oxygen atoms in total. The lowest BCUT2D eigenvalue weighted by Crippen LogP contribution is -2.24. The van der Waals surface area contributed by atoms with Crippen LogP contribution in [0.5, 0.6) is 5.75 Å². The zero-order chi connectivity index (χ0) is 17.4. The molecule has 0 atom stereocenters. The minimum Gasteiger partial charge on any atom is -0.484 e. The number of hydrogen-bond acceptors (Lipinski definition) is 6. The predicted molar refractivity (Wildman–Crippen MR) is 92.7 cm³/mol. The van der Waals surface area contributed by atoms with E-state index in [-0.39, 0.29) is 18.5 Å². The van der Waals surface area contributed by atoms with Crippen LogP contribution < -0.4 is 10.2 Å². The van der Waals surface area contributed by atoms with Crippen molar-refractivity contribution in [3.8, 4) is 5.75 Å². The van der Waals surface area contributed by atoms with Crippen molar-refractivity contribution in [1.82, 2.24) is 5.43 Å². The van der Waals surface area contributed by atoms with Gasteiger partial charge in [0.05, 0.1) is 18.4 Å². The Balaban J connectivity index is 1.78. The third kappa shape index (κ3) is 5.20. The molecule has 0 saturated heterocycles. The summed E-state index contributed by atoms with van der Waals surface area (Å²) in [5, 5.41) is 5.85. The predicted octanol–water partition coefficient (Wildman–Crippen LogP) is 2.76. The molecule has 2 rings (SSSR count). The number of hydrogen-bond donors (Lipinski definition) is 1. The second-order valence-corrected chi connectivity index (χ2v) is 5.74. The molecule has 1 heterocycles. The van der Waals surface area contributed by atoms with Crippen molar-refractivity contribution in [2.45, 2.75) is 13.8 Å².